The zero-order valence-electron chi connectivity index (χ0n) is 20.7. The third-order valence-corrected chi connectivity index (χ3v) is 6.59. The van der Waals surface area contributed by atoms with Gasteiger partial charge < -0.3 is 5.11 Å². The zero-order valence-corrected chi connectivity index (χ0v) is 20.7. The van der Waals surface area contributed by atoms with Gasteiger partial charge >= 0.3 is 0 Å². The second-order valence-electron chi connectivity index (χ2n) is 9.36. The summed E-state index contributed by atoms with van der Waals surface area (Å²) in [5.41, 5.74) is 8.28. The molecule has 6 rings (SSSR count). The highest BCUT2D eigenvalue weighted by Gasteiger charge is 2.20. The number of benzene rings is 3. The molecule has 0 spiro atoms. The minimum absolute atomic E-state index is 0.184. The first-order chi connectivity index (χ1) is 18.1. The minimum Gasteiger partial charge on any atom is -0.507 e. The third kappa shape index (κ3) is 4.15. The molecule has 37 heavy (non-hydrogen) atoms. The summed E-state index contributed by atoms with van der Waals surface area (Å²) in [5, 5.41) is 10.7. The third-order valence-electron chi connectivity index (χ3n) is 6.59. The van der Waals surface area contributed by atoms with Crippen molar-refractivity contribution < 1.29 is 5.11 Å². The molecule has 0 aliphatic heterocycles. The van der Waals surface area contributed by atoms with Gasteiger partial charge in [-0.25, -0.2) is 4.98 Å². The van der Waals surface area contributed by atoms with E-state index in [2.05, 4.69) is 41.6 Å². The maximum atomic E-state index is 10.7. The molecule has 0 aliphatic carbocycles. The van der Waals surface area contributed by atoms with Gasteiger partial charge in [0.1, 0.15) is 17.1 Å². The average molecular weight is 483 g/mol. The van der Waals surface area contributed by atoms with E-state index in [0.29, 0.717) is 17.3 Å². The van der Waals surface area contributed by atoms with Crippen molar-refractivity contribution in [3.05, 3.63) is 115 Å². The number of phenols is 1. The minimum atomic E-state index is 0.184. The van der Waals surface area contributed by atoms with Crippen LogP contribution in [0.25, 0.3) is 50.6 Å². The number of imidazole rings is 1. The Hall–Kier alpha value is -4.77. The summed E-state index contributed by atoms with van der Waals surface area (Å²) in [5.74, 6) is 1.18. The predicted octanol–water partition coefficient (Wildman–Crippen LogP) is 7.65. The number of phenolic OH excluding ortho intramolecular Hbond substituents is 1. The van der Waals surface area contributed by atoms with Gasteiger partial charge in [-0.05, 0) is 72.1 Å². The summed E-state index contributed by atoms with van der Waals surface area (Å²) in [6.45, 7) is 4.38. The molecule has 0 unspecified atom stereocenters. The molecule has 0 saturated heterocycles. The summed E-state index contributed by atoms with van der Waals surface area (Å²) >= 11 is 0. The predicted molar refractivity (Wildman–Crippen MR) is 149 cm³/mol. The second kappa shape index (κ2) is 9.36. The van der Waals surface area contributed by atoms with Crippen molar-refractivity contribution >= 4 is 11.0 Å². The van der Waals surface area contributed by atoms with Gasteiger partial charge in [0.05, 0.1) is 22.5 Å². The Morgan fingerprint density at radius 3 is 2.24 bits per heavy atom. The van der Waals surface area contributed by atoms with Gasteiger partial charge in [-0.15, -0.1) is 0 Å². The van der Waals surface area contributed by atoms with Gasteiger partial charge in [0, 0.05) is 29.2 Å². The topological polar surface area (TPSA) is 63.8 Å². The van der Waals surface area contributed by atoms with E-state index < -0.39 is 0 Å². The number of hydrogen-bond donors (Lipinski definition) is 1. The molecule has 0 bridgehead atoms. The van der Waals surface area contributed by atoms with Crippen LogP contribution in [-0.4, -0.2) is 24.6 Å². The fourth-order valence-corrected chi connectivity index (χ4v) is 4.70. The van der Waals surface area contributed by atoms with Crippen LogP contribution in [0.5, 0.6) is 5.75 Å². The molecular weight excluding hydrogens is 456 g/mol. The Bertz CT molecular complexity index is 1710. The monoisotopic (exact) mass is 482 g/mol. The van der Waals surface area contributed by atoms with Gasteiger partial charge in [-0.1, -0.05) is 50.2 Å². The van der Waals surface area contributed by atoms with Crippen LogP contribution >= 0.6 is 0 Å². The highest BCUT2D eigenvalue weighted by atomic mass is 16.3. The molecule has 3 aromatic heterocycles. The van der Waals surface area contributed by atoms with Crippen LogP contribution in [0.1, 0.15) is 25.3 Å². The molecule has 0 amide bonds. The number of nitrogens with zero attached hydrogens (tertiary/aromatic N) is 4. The van der Waals surface area contributed by atoms with E-state index in [1.54, 1.807) is 6.07 Å². The summed E-state index contributed by atoms with van der Waals surface area (Å²) in [7, 11) is 0. The summed E-state index contributed by atoms with van der Waals surface area (Å²) < 4.78 is 2.08. The molecule has 5 heteroatoms. The molecule has 1 N–H and O–H groups in total. The molecule has 3 heterocycles. The summed E-state index contributed by atoms with van der Waals surface area (Å²) in [6, 6.07) is 31.9. The SMILES string of the molecule is CC(C)c1cc(-c2ccccn2)cc(-c2nccc3c2nc(-c2ccccc2O)n3-c2ccccc2)c1. The molecule has 0 radical (unpaired) electrons. The van der Waals surface area contributed by atoms with E-state index in [9.17, 15) is 5.11 Å². The fourth-order valence-electron chi connectivity index (χ4n) is 4.70. The molecule has 6 aromatic rings. The number of aromatic hydroxyl groups is 1. The average Bonchev–Trinajstić information content (AvgIpc) is 3.33. The smallest absolute Gasteiger partial charge is 0.149 e. The highest BCUT2D eigenvalue weighted by Crippen LogP contribution is 2.37. The maximum Gasteiger partial charge on any atom is 0.149 e. The lowest BCUT2D eigenvalue weighted by Gasteiger charge is -2.13. The highest BCUT2D eigenvalue weighted by molar-refractivity contribution is 5.94. The number of pyridine rings is 2. The largest absolute Gasteiger partial charge is 0.507 e. The zero-order chi connectivity index (χ0) is 25.4. The first-order valence-corrected chi connectivity index (χ1v) is 12.4. The summed E-state index contributed by atoms with van der Waals surface area (Å²) in [6.07, 6.45) is 3.64. The van der Waals surface area contributed by atoms with Crippen LogP contribution in [-0.2, 0) is 0 Å². The Morgan fingerprint density at radius 2 is 1.49 bits per heavy atom. The number of rotatable bonds is 5. The first kappa shape index (κ1) is 22.7. The molecule has 0 aliphatic rings. The molecule has 0 atom stereocenters. The van der Waals surface area contributed by atoms with Gasteiger partial charge in [-0.2, -0.15) is 0 Å². The maximum absolute atomic E-state index is 10.7. The van der Waals surface area contributed by atoms with Gasteiger partial charge in [0.25, 0.3) is 0 Å². The van der Waals surface area contributed by atoms with E-state index in [0.717, 1.165) is 39.2 Å². The standard InChI is InChI=1S/C32H26N4O/c1-21(2)22-18-23(27-13-8-9-16-33-27)20-24(19-22)30-31-28(15-17-34-30)36(25-10-4-3-5-11-25)32(35-31)26-12-6-7-14-29(26)37/h3-21,37H,1-2H3. The first-order valence-electron chi connectivity index (χ1n) is 12.4. The van der Waals surface area contributed by atoms with Crippen molar-refractivity contribution in [2.75, 3.05) is 0 Å². The number of fused-ring (bicyclic) bond motifs is 1. The summed E-state index contributed by atoms with van der Waals surface area (Å²) in [4.78, 5) is 14.5. The van der Waals surface area contributed by atoms with Crippen molar-refractivity contribution in [2.24, 2.45) is 0 Å². The van der Waals surface area contributed by atoms with Gasteiger partial charge in [0.2, 0.25) is 0 Å². The molecule has 3 aromatic carbocycles. The van der Waals surface area contributed by atoms with Gasteiger partial charge in [-0.3, -0.25) is 14.5 Å². The number of hydrogen-bond acceptors (Lipinski definition) is 4. The lowest BCUT2D eigenvalue weighted by atomic mass is 9.94. The normalized spacial score (nSPS) is 11.3. The van der Waals surface area contributed by atoms with Crippen molar-refractivity contribution in [2.45, 2.75) is 19.8 Å². The Labute approximate surface area is 215 Å². The lowest BCUT2D eigenvalue weighted by molar-refractivity contribution is 0.477. The van der Waals surface area contributed by atoms with Crippen molar-refractivity contribution in [3.8, 4) is 45.3 Å². The Morgan fingerprint density at radius 1 is 0.730 bits per heavy atom. The molecule has 0 fully saturated rings. The van der Waals surface area contributed by atoms with Crippen LogP contribution in [0.3, 0.4) is 0 Å². The van der Waals surface area contributed by atoms with Crippen molar-refractivity contribution in [1.29, 1.82) is 0 Å². The Balaban J connectivity index is 1.64. The van der Waals surface area contributed by atoms with Crippen molar-refractivity contribution in [3.63, 3.8) is 0 Å². The van der Waals surface area contributed by atoms with Gasteiger partial charge in [0.15, 0.2) is 0 Å². The second-order valence-corrected chi connectivity index (χ2v) is 9.36. The van der Waals surface area contributed by atoms with Crippen LogP contribution < -0.4 is 0 Å². The number of para-hydroxylation sites is 2. The van der Waals surface area contributed by atoms with E-state index in [1.807, 2.05) is 85.2 Å². The van der Waals surface area contributed by atoms with E-state index in [1.165, 1.54) is 5.56 Å². The molecule has 5 nitrogen and oxygen atoms in total. The van der Waals surface area contributed by atoms with E-state index in [4.69, 9.17) is 9.97 Å². The van der Waals surface area contributed by atoms with Crippen molar-refractivity contribution in [1.82, 2.24) is 19.5 Å². The quantitative estimate of drug-likeness (QED) is 0.274. The van der Waals surface area contributed by atoms with Crippen LogP contribution in [0.15, 0.2) is 109 Å². The van der Waals surface area contributed by atoms with Crippen LogP contribution in [0.2, 0.25) is 0 Å². The fraction of sp³-hybridized carbons (Fsp3) is 0.0938. The van der Waals surface area contributed by atoms with Crippen LogP contribution in [0.4, 0.5) is 0 Å². The number of aromatic nitrogens is 4. The Kier molecular flexibility index (Phi) is 5.73. The van der Waals surface area contributed by atoms with Crippen LogP contribution in [0, 0.1) is 0 Å². The molecule has 0 saturated carbocycles. The van der Waals surface area contributed by atoms with E-state index in [-0.39, 0.29) is 5.75 Å². The lowest BCUT2D eigenvalue weighted by Crippen LogP contribution is -1.97. The van der Waals surface area contributed by atoms with E-state index >= 15 is 0 Å². The molecule has 180 valence electrons. The molecular formula is C32H26N4O.